The summed E-state index contributed by atoms with van der Waals surface area (Å²) in [6, 6.07) is 0. The van der Waals surface area contributed by atoms with E-state index in [4.69, 9.17) is 21.1 Å². The number of ether oxygens (including phenoxy) is 2. The second-order valence-electron chi connectivity index (χ2n) is 3.59. The summed E-state index contributed by atoms with van der Waals surface area (Å²) < 4.78 is 11.3. The van der Waals surface area contributed by atoms with Crippen molar-refractivity contribution in [3.05, 3.63) is 0 Å². The molecule has 0 radical (unpaired) electrons. The molecule has 0 amide bonds. The van der Waals surface area contributed by atoms with Crippen molar-refractivity contribution in [2.45, 2.75) is 25.2 Å². The van der Waals surface area contributed by atoms with E-state index >= 15 is 0 Å². The van der Waals surface area contributed by atoms with Crippen LogP contribution in [-0.2, 0) is 9.47 Å². The molecule has 2 heterocycles. The summed E-state index contributed by atoms with van der Waals surface area (Å²) in [6.07, 6.45) is 2.69. The maximum atomic E-state index is 5.70. The third kappa shape index (κ3) is 2.52. The van der Waals surface area contributed by atoms with E-state index in [1.54, 1.807) is 0 Å². The lowest BCUT2D eigenvalue weighted by molar-refractivity contribution is -0.0900. The summed E-state index contributed by atoms with van der Waals surface area (Å²) in [4.78, 5) is 0. The predicted molar refractivity (Wildman–Crippen MR) is 55.4 cm³/mol. The van der Waals surface area contributed by atoms with Crippen LogP contribution < -0.4 is 0 Å². The van der Waals surface area contributed by atoms with Gasteiger partial charge in [0.25, 0.3) is 0 Å². The lowest BCUT2D eigenvalue weighted by Gasteiger charge is -2.25. The molecule has 4 heteroatoms. The van der Waals surface area contributed by atoms with Gasteiger partial charge < -0.3 is 9.47 Å². The van der Waals surface area contributed by atoms with Gasteiger partial charge in [-0.3, -0.25) is 0 Å². The zero-order valence-electron chi connectivity index (χ0n) is 7.58. The van der Waals surface area contributed by atoms with Crippen LogP contribution in [0.15, 0.2) is 0 Å². The Bertz CT molecular complexity index is 162. The van der Waals surface area contributed by atoms with Crippen LogP contribution in [0.1, 0.15) is 12.8 Å². The summed E-state index contributed by atoms with van der Waals surface area (Å²) in [5.41, 5.74) is 0. The number of thioether (sulfide) groups is 1. The highest BCUT2D eigenvalue weighted by Gasteiger charge is 2.32. The Labute approximate surface area is 88.3 Å². The predicted octanol–water partition coefficient (Wildman–Crippen LogP) is 2.11. The first-order chi connectivity index (χ1) is 6.40. The monoisotopic (exact) mass is 222 g/mol. The fourth-order valence-electron chi connectivity index (χ4n) is 1.78. The molecular weight excluding hydrogens is 208 g/mol. The molecule has 2 rings (SSSR count). The van der Waals surface area contributed by atoms with Gasteiger partial charge in [0.05, 0.1) is 18.6 Å². The van der Waals surface area contributed by atoms with Gasteiger partial charge in [-0.05, 0) is 18.6 Å². The average Bonchev–Trinajstić information content (AvgIpc) is 2.67. The van der Waals surface area contributed by atoms with E-state index in [2.05, 4.69) is 0 Å². The van der Waals surface area contributed by atoms with Crippen LogP contribution in [0.2, 0.25) is 0 Å². The first-order valence-corrected chi connectivity index (χ1v) is 6.50. The van der Waals surface area contributed by atoms with Crippen molar-refractivity contribution < 1.29 is 9.47 Å². The quantitative estimate of drug-likeness (QED) is 0.667. The van der Waals surface area contributed by atoms with Crippen molar-refractivity contribution in [2.24, 2.45) is 5.92 Å². The standard InChI is InChI=1S/C9H15ClO2S/c10-4-8-5-11-9(12-8)7-2-1-3-13-6-7/h7-9H,1-6H2. The second kappa shape index (κ2) is 4.87. The normalized spacial score (nSPS) is 40.8. The fraction of sp³-hybridized carbons (Fsp3) is 1.00. The van der Waals surface area contributed by atoms with Gasteiger partial charge in [-0.15, -0.1) is 11.6 Å². The molecule has 2 saturated heterocycles. The molecule has 0 spiro atoms. The summed E-state index contributed by atoms with van der Waals surface area (Å²) in [5, 5.41) is 0. The van der Waals surface area contributed by atoms with Gasteiger partial charge in [0.15, 0.2) is 6.29 Å². The highest BCUT2D eigenvalue weighted by atomic mass is 35.5. The number of alkyl halides is 1. The zero-order valence-corrected chi connectivity index (χ0v) is 9.15. The number of hydrogen-bond acceptors (Lipinski definition) is 3. The van der Waals surface area contributed by atoms with Crippen LogP contribution in [0.3, 0.4) is 0 Å². The molecule has 0 aromatic heterocycles. The van der Waals surface area contributed by atoms with E-state index < -0.39 is 0 Å². The molecule has 2 nitrogen and oxygen atoms in total. The van der Waals surface area contributed by atoms with Crippen molar-refractivity contribution >= 4 is 23.4 Å². The summed E-state index contributed by atoms with van der Waals surface area (Å²) in [5.74, 6) is 3.62. The maximum Gasteiger partial charge on any atom is 0.161 e. The molecule has 3 unspecified atom stereocenters. The molecule has 3 atom stereocenters. The Hall–Kier alpha value is 0.560. The van der Waals surface area contributed by atoms with Gasteiger partial charge in [-0.1, -0.05) is 0 Å². The van der Waals surface area contributed by atoms with Crippen molar-refractivity contribution in [1.29, 1.82) is 0 Å². The van der Waals surface area contributed by atoms with E-state index in [-0.39, 0.29) is 12.4 Å². The van der Waals surface area contributed by atoms with Gasteiger partial charge in [-0.25, -0.2) is 0 Å². The summed E-state index contributed by atoms with van der Waals surface area (Å²) in [7, 11) is 0. The minimum atomic E-state index is 0.0246. The molecule has 2 aliphatic heterocycles. The molecule has 2 fully saturated rings. The van der Waals surface area contributed by atoms with Gasteiger partial charge in [-0.2, -0.15) is 11.8 Å². The van der Waals surface area contributed by atoms with E-state index in [0.717, 1.165) is 0 Å². The molecule has 0 saturated carbocycles. The molecule has 0 bridgehead atoms. The Balaban J connectivity index is 1.80. The van der Waals surface area contributed by atoms with Crippen molar-refractivity contribution in [3.8, 4) is 0 Å². The lowest BCUT2D eigenvalue weighted by Crippen LogP contribution is -2.27. The Kier molecular flexibility index (Phi) is 3.78. The smallest absolute Gasteiger partial charge is 0.161 e. The number of halogens is 1. The van der Waals surface area contributed by atoms with Crippen molar-refractivity contribution in [3.63, 3.8) is 0 Å². The number of rotatable bonds is 2. The van der Waals surface area contributed by atoms with Crippen LogP contribution in [-0.4, -0.2) is 36.4 Å². The Morgan fingerprint density at radius 2 is 2.38 bits per heavy atom. The molecule has 2 aliphatic rings. The van der Waals surface area contributed by atoms with E-state index in [0.29, 0.717) is 18.4 Å². The van der Waals surface area contributed by atoms with Gasteiger partial charge in [0.1, 0.15) is 0 Å². The first-order valence-electron chi connectivity index (χ1n) is 4.81. The van der Waals surface area contributed by atoms with Crippen LogP contribution >= 0.6 is 23.4 Å². The molecule has 76 valence electrons. The van der Waals surface area contributed by atoms with Crippen LogP contribution in [0, 0.1) is 5.92 Å². The summed E-state index contributed by atoms with van der Waals surface area (Å²) in [6.45, 7) is 0.676. The second-order valence-corrected chi connectivity index (χ2v) is 5.05. The number of hydrogen-bond donors (Lipinski definition) is 0. The van der Waals surface area contributed by atoms with E-state index in [1.165, 1.54) is 24.3 Å². The Morgan fingerprint density at radius 3 is 3.00 bits per heavy atom. The zero-order chi connectivity index (χ0) is 9.10. The highest BCUT2D eigenvalue weighted by Crippen LogP contribution is 2.30. The lowest BCUT2D eigenvalue weighted by atomic mass is 10.1. The van der Waals surface area contributed by atoms with Crippen LogP contribution in [0.5, 0.6) is 0 Å². The molecule has 0 N–H and O–H groups in total. The highest BCUT2D eigenvalue weighted by molar-refractivity contribution is 7.99. The van der Waals surface area contributed by atoms with Crippen molar-refractivity contribution in [1.82, 2.24) is 0 Å². The van der Waals surface area contributed by atoms with Crippen molar-refractivity contribution in [2.75, 3.05) is 24.0 Å². The van der Waals surface area contributed by atoms with E-state index in [1.807, 2.05) is 11.8 Å². The third-order valence-corrected chi connectivity index (χ3v) is 4.11. The molecule has 13 heavy (non-hydrogen) atoms. The maximum absolute atomic E-state index is 5.70. The van der Waals surface area contributed by atoms with Crippen LogP contribution in [0.25, 0.3) is 0 Å². The van der Waals surface area contributed by atoms with Gasteiger partial charge in [0, 0.05) is 11.7 Å². The Morgan fingerprint density at radius 1 is 1.46 bits per heavy atom. The van der Waals surface area contributed by atoms with Gasteiger partial charge >= 0.3 is 0 Å². The first kappa shape index (κ1) is 10.1. The molecule has 0 aromatic rings. The van der Waals surface area contributed by atoms with Crippen LogP contribution in [0.4, 0.5) is 0 Å². The molecular formula is C9H15ClO2S. The average molecular weight is 223 g/mol. The van der Waals surface area contributed by atoms with E-state index in [9.17, 15) is 0 Å². The van der Waals surface area contributed by atoms with Gasteiger partial charge in [0.2, 0.25) is 0 Å². The fourth-order valence-corrected chi connectivity index (χ4v) is 3.10. The minimum absolute atomic E-state index is 0.0246. The topological polar surface area (TPSA) is 18.5 Å². The third-order valence-electron chi connectivity index (χ3n) is 2.53. The minimum Gasteiger partial charge on any atom is -0.350 e. The SMILES string of the molecule is ClCC1COC(C2CCCSC2)O1. The largest absolute Gasteiger partial charge is 0.350 e. The molecule has 0 aromatic carbocycles. The molecule has 0 aliphatic carbocycles. The summed E-state index contributed by atoms with van der Waals surface area (Å²) >= 11 is 7.71.